The van der Waals surface area contributed by atoms with Gasteiger partial charge in [0.2, 0.25) is 11.7 Å². The molecule has 3 rings (SSSR count). The van der Waals surface area contributed by atoms with E-state index in [0.717, 1.165) is 23.7 Å². The number of nitrogens with zero attached hydrogens (tertiary/aromatic N) is 3. The highest BCUT2D eigenvalue weighted by Crippen LogP contribution is 2.34. The van der Waals surface area contributed by atoms with Gasteiger partial charge in [-0.3, -0.25) is 4.98 Å². The molecule has 2 aromatic rings. The van der Waals surface area contributed by atoms with Gasteiger partial charge in [-0.05, 0) is 19.4 Å². The molecule has 0 amide bonds. The predicted octanol–water partition coefficient (Wildman–Crippen LogP) is 2.44. The maximum Gasteiger partial charge on any atom is 0.231 e. The molecule has 18 heavy (non-hydrogen) atoms. The summed E-state index contributed by atoms with van der Waals surface area (Å²) in [6.45, 7) is 3.11. The van der Waals surface area contributed by atoms with Crippen LogP contribution in [0.4, 0.5) is 0 Å². The third-order valence-corrected chi connectivity index (χ3v) is 4.16. The number of rotatable bonds is 4. The van der Waals surface area contributed by atoms with Crippen molar-refractivity contribution in [2.45, 2.75) is 38.1 Å². The Morgan fingerprint density at radius 2 is 2.44 bits per heavy atom. The van der Waals surface area contributed by atoms with Crippen LogP contribution in [-0.4, -0.2) is 27.7 Å². The van der Waals surface area contributed by atoms with Crippen LogP contribution < -0.4 is 5.32 Å². The Labute approximate surface area is 110 Å². The fourth-order valence-electron chi connectivity index (χ4n) is 2.57. The van der Waals surface area contributed by atoms with Crippen LogP contribution in [0, 0.1) is 0 Å². The minimum Gasteiger partial charge on any atom is -0.339 e. The van der Waals surface area contributed by atoms with Crippen molar-refractivity contribution in [2.24, 2.45) is 0 Å². The maximum atomic E-state index is 5.43. The smallest absolute Gasteiger partial charge is 0.231 e. The van der Waals surface area contributed by atoms with E-state index in [1.807, 2.05) is 0 Å². The average molecular weight is 264 g/mol. The highest BCUT2D eigenvalue weighted by molar-refractivity contribution is 7.13. The van der Waals surface area contributed by atoms with E-state index in [4.69, 9.17) is 4.52 Å². The summed E-state index contributed by atoms with van der Waals surface area (Å²) < 4.78 is 5.43. The summed E-state index contributed by atoms with van der Waals surface area (Å²) in [7, 11) is 0. The molecule has 5 nitrogen and oxygen atoms in total. The second kappa shape index (κ2) is 5.16. The number of nitrogens with one attached hydrogen (secondary N) is 1. The second-order valence-electron chi connectivity index (χ2n) is 4.52. The van der Waals surface area contributed by atoms with E-state index in [1.54, 1.807) is 11.7 Å². The first kappa shape index (κ1) is 11.8. The lowest BCUT2D eigenvalue weighted by atomic mass is 10.0. The van der Waals surface area contributed by atoms with Gasteiger partial charge in [0.25, 0.3) is 0 Å². The average Bonchev–Trinajstić information content (AvgIpc) is 3.10. The van der Waals surface area contributed by atoms with Crippen LogP contribution >= 0.6 is 11.3 Å². The van der Waals surface area contributed by atoms with Crippen LogP contribution in [0.15, 0.2) is 16.2 Å². The Balaban J connectivity index is 1.80. The van der Waals surface area contributed by atoms with Gasteiger partial charge in [0.1, 0.15) is 0 Å². The summed E-state index contributed by atoms with van der Waals surface area (Å²) in [5.41, 5.74) is 1.78. The number of thiazole rings is 1. The van der Waals surface area contributed by atoms with E-state index in [-0.39, 0.29) is 0 Å². The Hall–Kier alpha value is -1.27. The van der Waals surface area contributed by atoms with E-state index in [9.17, 15) is 0 Å². The van der Waals surface area contributed by atoms with Crippen molar-refractivity contribution in [2.75, 3.05) is 6.54 Å². The molecule has 2 unspecified atom stereocenters. The van der Waals surface area contributed by atoms with E-state index in [1.165, 1.54) is 24.2 Å². The van der Waals surface area contributed by atoms with Gasteiger partial charge in [-0.25, -0.2) is 0 Å². The number of likely N-dealkylation sites (N-methyl/N-ethyl adjacent to an activating group) is 1. The standard InChI is InChI=1S/C12H16N4OS/c1-2-14-9-5-3-4-8(9)12-15-11(16-17-12)10-6-13-7-18-10/h6-9,14H,2-5H2,1H3. The molecule has 2 aromatic heterocycles. The zero-order chi connectivity index (χ0) is 12.4. The van der Waals surface area contributed by atoms with Gasteiger partial charge in [-0.15, -0.1) is 11.3 Å². The van der Waals surface area contributed by atoms with Crippen LogP contribution in [0.5, 0.6) is 0 Å². The van der Waals surface area contributed by atoms with Gasteiger partial charge in [0, 0.05) is 12.2 Å². The van der Waals surface area contributed by atoms with Gasteiger partial charge in [-0.2, -0.15) is 4.98 Å². The highest BCUT2D eigenvalue weighted by atomic mass is 32.1. The molecular weight excluding hydrogens is 248 g/mol. The molecule has 0 aromatic carbocycles. The van der Waals surface area contributed by atoms with E-state index in [2.05, 4.69) is 27.4 Å². The molecular formula is C12H16N4OS. The van der Waals surface area contributed by atoms with Gasteiger partial charge < -0.3 is 9.84 Å². The lowest BCUT2D eigenvalue weighted by Gasteiger charge is -2.16. The Morgan fingerprint density at radius 1 is 1.50 bits per heavy atom. The zero-order valence-electron chi connectivity index (χ0n) is 10.3. The van der Waals surface area contributed by atoms with Crippen LogP contribution in [0.2, 0.25) is 0 Å². The minimum absolute atomic E-state index is 0.360. The van der Waals surface area contributed by atoms with Crippen molar-refractivity contribution >= 4 is 11.3 Å². The Morgan fingerprint density at radius 3 is 3.22 bits per heavy atom. The lowest BCUT2D eigenvalue weighted by Crippen LogP contribution is -2.31. The molecule has 1 saturated carbocycles. The molecule has 2 heterocycles. The Bertz CT molecular complexity index is 496. The number of aromatic nitrogens is 3. The quantitative estimate of drug-likeness (QED) is 0.919. The van der Waals surface area contributed by atoms with Crippen molar-refractivity contribution in [1.29, 1.82) is 0 Å². The normalized spacial score (nSPS) is 23.6. The minimum atomic E-state index is 0.360. The zero-order valence-corrected chi connectivity index (χ0v) is 11.1. The lowest BCUT2D eigenvalue weighted by molar-refractivity contribution is 0.332. The van der Waals surface area contributed by atoms with Crippen LogP contribution in [0.3, 0.4) is 0 Å². The first-order valence-electron chi connectivity index (χ1n) is 6.34. The monoisotopic (exact) mass is 264 g/mol. The largest absolute Gasteiger partial charge is 0.339 e. The van der Waals surface area contributed by atoms with Gasteiger partial charge in [-0.1, -0.05) is 18.5 Å². The molecule has 6 heteroatoms. The summed E-state index contributed by atoms with van der Waals surface area (Å²) in [5, 5.41) is 7.55. The Kier molecular flexibility index (Phi) is 3.38. The fraction of sp³-hybridized carbons (Fsp3) is 0.583. The number of hydrogen-bond donors (Lipinski definition) is 1. The first-order valence-corrected chi connectivity index (χ1v) is 7.22. The second-order valence-corrected chi connectivity index (χ2v) is 5.41. The summed E-state index contributed by atoms with van der Waals surface area (Å²) >= 11 is 1.53. The number of hydrogen-bond acceptors (Lipinski definition) is 6. The summed E-state index contributed by atoms with van der Waals surface area (Å²) in [6.07, 6.45) is 5.31. The van der Waals surface area contributed by atoms with E-state index < -0.39 is 0 Å². The molecule has 96 valence electrons. The molecule has 1 fully saturated rings. The van der Waals surface area contributed by atoms with Crippen molar-refractivity contribution in [3.8, 4) is 10.7 Å². The van der Waals surface area contributed by atoms with Crippen LogP contribution in [0.1, 0.15) is 38.0 Å². The first-order chi connectivity index (χ1) is 8.88. The molecule has 0 saturated heterocycles. The van der Waals surface area contributed by atoms with Gasteiger partial charge in [0.15, 0.2) is 0 Å². The van der Waals surface area contributed by atoms with Crippen LogP contribution in [0.25, 0.3) is 10.7 Å². The van der Waals surface area contributed by atoms with Gasteiger partial charge >= 0.3 is 0 Å². The molecule has 1 aliphatic rings. The molecule has 0 aliphatic heterocycles. The highest BCUT2D eigenvalue weighted by Gasteiger charge is 2.32. The summed E-state index contributed by atoms with van der Waals surface area (Å²) in [5.74, 6) is 1.79. The summed E-state index contributed by atoms with van der Waals surface area (Å²) in [6, 6.07) is 0.477. The topological polar surface area (TPSA) is 63.8 Å². The van der Waals surface area contributed by atoms with E-state index in [0.29, 0.717) is 17.8 Å². The maximum absolute atomic E-state index is 5.43. The molecule has 2 atom stereocenters. The molecule has 0 bridgehead atoms. The van der Waals surface area contributed by atoms with Crippen molar-refractivity contribution < 1.29 is 4.52 Å². The summed E-state index contributed by atoms with van der Waals surface area (Å²) in [4.78, 5) is 9.52. The van der Waals surface area contributed by atoms with E-state index >= 15 is 0 Å². The predicted molar refractivity (Wildman–Crippen MR) is 69.5 cm³/mol. The third-order valence-electron chi connectivity index (χ3n) is 3.39. The van der Waals surface area contributed by atoms with Gasteiger partial charge in [0.05, 0.1) is 16.3 Å². The molecule has 1 N–H and O–H groups in total. The van der Waals surface area contributed by atoms with Crippen molar-refractivity contribution in [1.82, 2.24) is 20.4 Å². The van der Waals surface area contributed by atoms with Crippen molar-refractivity contribution in [3.63, 3.8) is 0 Å². The van der Waals surface area contributed by atoms with Crippen molar-refractivity contribution in [3.05, 3.63) is 17.6 Å². The molecule has 0 radical (unpaired) electrons. The SMILES string of the molecule is CCNC1CCCC1c1nc(-c2cncs2)no1. The fourth-order valence-corrected chi connectivity index (χ4v) is 3.12. The third kappa shape index (κ3) is 2.18. The molecule has 1 aliphatic carbocycles. The molecule has 0 spiro atoms. The van der Waals surface area contributed by atoms with Crippen LogP contribution in [-0.2, 0) is 0 Å².